The Morgan fingerprint density at radius 2 is 2.11 bits per heavy atom. The molecule has 1 aromatic rings. The monoisotopic (exact) mass is 267 g/mol. The van der Waals surface area contributed by atoms with Gasteiger partial charge < -0.3 is 10.1 Å². The third-order valence-electron chi connectivity index (χ3n) is 2.55. The molecule has 0 aliphatic heterocycles. The van der Waals surface area contributed by atoms with E-state index in [4.69, 9.17) is 4.74 Å². The van der Waals surface area contributed by atoms with Crippen LogP contribution < -0.4 is 5.32 Å². The maximum atomic E-state index is 13.1. The van der Waals surface area contributed by atoms with Gasteiger partial charge in [-0.1, -0.05) is 12.1 Å². The lowest BCUT2D eigenvalue weighted by molar-refractivity contribution is -0.154. The van der Waals surface area contributed by atoms with Gasteiger partial charge in [-0.2, -0.15) is 0 Å². The smallest absolute Gasteiger partial charge is 0.307 e. The van der Waals surface area contributed by atoms with Gasteiger partial charge in [0.05, 0.1) is 6.42 Å². The molecular weight excluding hydrogens is 245 g/mol. The van der Waals surface area contributed by atoms with Crippen molar-refractivity contribution in [1.29, 1.82) is 0 Å². The Kier molecular flexibility index (Phi) is 5.48. The summed E-state index contributed by atoms with van der Waals surface area (Å²) in [5.41, 5.74) is 0.412. The summed E-state index contributed by atoms with van der Waals surface area (Å²) >= 11 is 0. The number of ether oxygens (including phenoxy) is 1. The first-order valence-corrected chi connectivity index (χ1v) is 6.48. The number of benzene rings is 1. The normalized spacial score (nSPS) is 13.1. The highest BCUT2D eigenvalue weighted by Gasteiger charge is 2.16. The van der Waals surface area contributed by atoms with Gasteiger partial charge in [-0.05, 0) is 45.4 Å². The molecule has 1 N–H and O–H groups in total. The highest BCUT2D eigenvalue weighted by Crippen LogP contribution is 2.13. The van der Waals surface area contributed by atoms with Crippen LogP contribution in [-0.2, 0) is 9.53 Å². The van der Waals surface area contributed by atoms with Crippen molar-refractivity contribution in [1.82, 2.24) is 5.32 Å². The van der Waals surface area contributed by atoms with Crippen molar-refractivity contribution in [2.75, 3.05) is 6.54 Å². The number of nitrogens with one attached hydrogen (secondary N) is 1. The largest absolute Gasteiger partial charge is 0.460 e. The Bertz CT molecular complexity index is 426. The van der Waals surface area contributed by atoms with E-state index in [0.29, 0.717) is 13.0 Å². The van der Waals surface area contributed by atoms with Crippen molar-refractivity contribution < 1.29 is 13.9 Å². The SMILES string of the molecule is CC(NCCC(=O)OC(C)(C)C)c1cccc(F)c1. The van der Waals surface area contributed by atoms with E-state index in [-0.39, 0.29) is 17.8 Å². The lowest BCUT2D eigenvalue weighted by atomic mass is 10.1. The zero-order valence-corrected chi connectivity index (χ0v) is 12.0. The minimum atomic E-state index is -0.453. The Hall–Kier alpha value is -1.42. The van der Waals surface area contributed by atoms with Crippen LogP contribution in [0.3, 0.4) is 0 Å². The summed E-state index contributed by atoms with van der Waals surface area (Å²) in [6.45, 7) is 7.96. The predicted molar refractivity (Wildman–Crippen MR) is 73.3 cm³/mol. The van der Waals surface area contributed by atoms with E-state index < -0.39 is 5.60 Å². The summed E-state index contributed by atoms with van der Waals surface area (Å²) in [7, 11) is 0. The number of rotatable bonds is 5. The Balaban J connectivity index is 2.35. The summed E-state index contributed by atoms with van der Waals surface area (Å²) in [6.07, 6.45) is 0.303. The molecule has 0 spiro atoms. The molecule has 1 atom stereocenters. The van der Waals surface area contributed by atoms with Crippen LogP contribution in [-0.4, -0.2) is 18.1 Å². The van der Waals surface area contributed by atoms with Gasteiger partial charge in [-0.15, -0.1) is 0 Å². The second-order valence-electron chi connectivity index (χ2n) is 5.57. The molecule has 3 nitrogen and oxygen atoms in total. The molecule has 0 radical (unpaired) electrons. The van der Waals surface area contributed by atoms with E-state index in [0.717, 1.165) is 5.56 Å². The number of hydrogen-bond donors (Lipinski definition) is 1. The molecule has 0 amide bonds. The molecule has 1 unspecified atom stereocenters. The van der Waals surface area contributed by atoms with Crippen molar-refractivity contribution in [3.63, 3.8) is 0 Å². The third kappa shape index (κ3) is 6.34. The first-order chi connectivity index (χ1) is 8.78. The van der Waals surface area contributed by atoms with Crippen molar-refractivity contribution >= 4 is 5.97 Å². The summed E-state index contributed by atoms with van der Waals surface area (Å²) in [5, 5.41) is 3.18. The highest BCUT2D eigenvalue weighted by atomic mass is 19.1. The molecule has 1 rings (SSSR count). The molecule has 0 aliphatic carbocycles. The second kappa shape index (κ2) is 6.66. The van der Waals surface area contributed by atoms with Crippen molar-refractivity contribution in [2.45, 2.75) is 45.8 Å². The molecule has 0 aromatic heterocycles. The fourth-order valence-electron chi connectivity index (χ4n) is 1.68. The summed E-state index contributed by atoms with van der Waals surface area (Å²) in [6, 6.07) is 6.44. The highest BCUT2D eigenvalue weighted by molar-refractivity contribution is 5.70. The zero-order valence-electron chi connectivity index (χ0n) is 12.0. The van der Waals surface area contributed by atoms with Gasteiger partial charge in [0.25, 0.3) is 0 Å². The van der Waals surface area contributed by atoms with Crippen LogP contribution in [0.15, 0.2) is 24.3 Å². The van der Waals surface area contributed by atoms with E-state index in [1.165, 1.54) is 12.1 Å². The third-order valence-corrected chi connectivity index (χ3v) is 2.55. The number of hydrogen-bond acceptors (Lipinski definition) is 3. The van der Waals surface area contributed by atoms with E-state index in [9.17, 15) is 9.18 Å². The summed E-state index contributed by atoms with van der Waals surface area (Å²) in [5.74, 6) is -0.482. The van der Waals surface area contributed by atoms with Crippen molar-refractivity contribution in [3.8, 4) is 0 Å². The average Bonchev–Trinajstić information content (AvgIpc) is 2.26. The first-order valence-electron chi connectivity index (χ1n) is 6.48. The second-order valence-corrected chi connectivity index (χ2v) is 5.57. The zero-order chi connectivity index (χ0) is 14.5. The molecule has 0 heterocycles. The maximum Gasteiger partial charge on any atom is 0.307 e. The van der Waals surface area contributed by atoms with Gasteiger partial charge in [-0.25, -0.2) is 4.39 Å². The number of carbonyl (C=O) groups excluding carboxylic acids is 1. The standard InChI is InChI=1S/C15H22FNO2/c1-11(12-6-5-7-13(16)10-12)17-9-8-14(18)19-15(2,3)4/h5-7,10-11,17H,8-9H2,1-4H3. The number of carbonyl (C=O) groups is 1. The van der Waals surface area contributed by atoms with Crippen LogP contribution in [0.4, 0.5) is 4.39 Å². The minimum Gasteiger partial charge on any atom is -0.460 e. The summed E-state index contributed by atoms with van der Waals surface area (Å²) in [4.78, 5) is 11.5. The van der Waals surface area contributed by atoms with E-state index in [1.54, 1.807) is 6.07 Å². The lowest BCUT2D eigenvalue weighted by Crippen LogP contribution is -2.27. The van der Waals surface area contributed by atoms with Crippen LogP contribution in [0.5, 0.6) is 0 Å². The van der Waals surface area contributed by atoms with Crippen molar-refractivity contribution in [3.05, 3.63) is 35.6 Å². The van der Waals surface area contributed by atoms with Crippen LogP contribution in [0, 0.1) is 5.82 Å². The quantitative estimate of drug-likeness (QED) is 0.832. The maximum absolute atomic E-state index is 13.1. The van der Waals surface area contributed by atoms with Crippen LogP contribution in [0.25, 0.3) is 0 Å². The van der Waals surface area contributed by atoms with Gasteiger partial charge in [0, 0.05) is 12.6 Å². The molecule has 1 aromatic carbocycles. The Labute approximate surface area is 114 Å². The van der Waals surface area contributed by atoms with Gasteiger partial charge in [-0.3, -0.25) is 4.79 Å². The number of esters is 1. The lowest BCUT2D eigenvalue weighted by Gasteiger charge is -2.20. The van der Waals surface area contributed by atoms with Gasteiger partial charge in [0.15, 0.2) is 0 Å². The molecule has 0 bridgehead atoms. The summed E-state index contributed by atoms with van der Waals surface area (Å²) < 4.78 is 18.3. The van der Waals surface area contributed by atoms with E-state index >= 15 is 0 Å². The van der Waals surface area contributed by atoms with Gasteiger partial charge in [0.2, 0.25) is 0 Å². The molecule has 0 saturated heterocycles. The first kappa shape index (κ1) is 15.6. The molecule has 19 heavy (non-hydrogen) atoms. The van der Waals surface area contributed by atoms with E-state index in [2.05, 4.69) is 5.32 Å². The molecule has 4 heteroatoms. The number of halogens is 1. The van der Waals surface area contributed by atoms with Crippen LogP contribution in [0.2, 0.25) is 0 Å². The molecule has 0 saturated carbocycles. The average molecular weight is 267 g/mol. The fourth-order valence-corrected chi connectivity index (χ4v) is 1.68. The minimum absolute atomic E-state index is 0.00173. The van der Waals surface area contributed by atoms with Crippen LogP contribution >= 0.6 is 0 Å². The van der Waals surface area contributed by atoms with Gasteiger partial charge >= 0.3 is 5.97 Å². The van der Waals surface area contributed by atoms with Crippen molar-refractivity contribution in [2.24, 2.45) is 0 Å². The molecule has 0 fully saturated rings. The van der Waals surface area contributed by atoms with Gasteiger partial charge in [0.1, 0.15) is 11.4 Å². The molecular formula is C15H22FNO2. The Morgan fingerprint density at radius 1 is 1.42 bits per heavy atom. The van der Waals surface area contributed by atoms with E-state index in [1.807, 2.05) is 33.8 Å². The topological polar surface area (TPSA) is 38.3 Å². The molecule has 106 valence electrons. The fraction of sp³-hybridized carbons (Fsp3) is 0.533. The predicted octanol–water partition coefficient (Wildman–Crippen LogP) is 3.21. The Morgan fingerprint density at radius 3 is 2.68 bits per heavy atom. The molecule has 0 aliphatic rings. The van der Waals surface area contributed by atoms with Crippen LogP contribution in [0.1, 0.15) is 45.7 Å².